The Bertz CT molecular complexity index is 573. The zero-order valence-electron chi connectivity index (χ0n) is 9.94. The summed E-state index contributed by atoms with van der Waals surface area (Å²) in [4.78, 5) is 4.38. The van der Waals surface area contributed by atoms with Gasteiger partial charge in [0, 0.05) is 11.6 Å². The Hall–Kier alpha value is -1.32. The van der Waals surface area contributed by atoms with Gasteiger partial charge < -0.3 is 10.4 Å². The van der Waals surface area contributed by atoms with E-state index in [2.05, 4.69) is 10.3 Å². The number of aliphatic hydroxyl groups is 1. The first kappa shape index (κ1) is 11.8. The molecule has 0 radical (unpaired) electrons. The minimum Gasteiger partial charge on any atom is -0.391 e. The van der Waals surface area contributed by atoms with Gasteiger partial charge in [0.1, 0.15) is 0 Å². The smallest absolute Gasteiger partial charge is 0.0948 e. The third kappa shape index (κ3) is 2.04. The first-order valence-electron chi connectivity index (χ1n) is 6.23. The molecule has 1 aliphatic carbocycles. The summed E-state index contributed by atoms with van der Waals surface area (Å²) in [5.74, 6) is 0. The van der Waals surface area contributed by atoms with Gasteiger partial charge in [0.25, 0.3) is 0 Å². The number of nitrogens with one attached hydrogen (secondary N) is 1. The molecule has 1 aromatic heterocycles. The molecule has 1 aromatic carbocycles. The topological polar surface area (TPSA) is 45.1 Å². The molecule has 94 valence electrons. The van der Waals surface area contributed by atoms with Crippen LogP contribution in [-0.4, -0.2) is 22.2 Å². The van der Waals surface area contributed by atoms with Crippen LogP contribution in [-0.2, 0) is 0 Å². The number of pyridine rings is 1. The molecule has 0 bridgehead atoms. The Balaban J connectivity index is 1.99. The zero-order chi connectivity index (χ0) is 12.5. The normalized spacial score (nSPS) is 23.4. The van der Waals surface area contributed by atoms with Crippen molar-refractivity contribution in [1.82, 2.24) is 4.98 Å². The Labute approximate surface area is 111 Å². The predicted molar refractivity (Wildman–Crippen MR) is 74.0 cm³/mol. The zero-order valence-corrected chi connectivity index (χ0v) is 10.7. The minimum absolute atomic E-state index is 0.122. The molecule has 3 rings (SSSR count). The molecule has 1 saturated carbocycles. The van der Waals surface area contributed by atoms with Gasteiger partial charge >= 0.3 is 0 Å². The van der Waals surface area contributed by atoms with Crippen LogP contribution >= 0.6 is 11.6 Å². The van der Waals surface area contributed by atoms with E-state index in [-0.39, 0.29) is 12.1 Å². The van der Waals surface area contributed by atoms with Crippen LogP contribution in [0.2, 0.25) is 5.02 Å². The minimum atomic E-state index is -0.264. The van der Waals surface area contributed by atoms with E-state index in [0.29, 0.717) is 5.02 Å². The molecule has 2 unspecified atom stereocenters. The molecule has 1 fully saturated rings. The number of hydrogen-bond acceptors (Lipinski definition) is 3. The fourth-order valence-electron chi connectivity index (χ4n) is 2.56. The van der Waals surface area contributed by atoms with E-state index in [1.54, 1.807) is 6.20 Å². The third-order valence-corrected chi connectivity index (χ3v) is 3.87. The van der Waals surface area contributed by atoms with Crippen molar-refractivity contribution in [1.29, 1.82) is 0 Å². The summed E-state index contributed by atoms with van der Waals surface area (Å²) < 4.78 is 0. The van der Waals surface area contributed by atoms with Crippen molar-refractivity contribution in [2.75, 3.05) is 5.32 Å². The van der Waals surface area contributed by atoms with Gasteiger partial charge in [-0.3, -0.25) is 4.98 Å². The summed E-state index contributed by atoms with van der Waals surface area (Å²) in [6, 6.07) is 7.76. The molecule has 1 heterocycles. The van der Waals surface area contributed by atoms with Crippen LogP contribution in [0.15, 0.2) is 30.5 Å². The second kappa shape index (κ2) is 4.75. The van der Waals surface area contributed by atoms with Crippen molar-refractivity contribution in [3.63, 3.8) is 0 Å². The largest absolute Gasteiger partial charge is 0.391 e. The van der Waals surface area contributed by atoms with Crippen LogP contribution in [0.5, 0.6) is 0 Å². The SMILES string of the molecule is OC1CCCC1Nc1ccc(Cl)c2cccnc12. The standard InChI is InChI=1S/C14H15ClN2O/c15-10-6-7-12(14-9(10)3-2-8-16-14)17-11-4-1-5-13(11)18/h2-3,6-8,11,13,17-18H,1,4-5H2. The van der Waals surface area contributed by atoms with Crippen LogP contribution in [0, 0.1) is 0 Å². The molecule has 0 spiro atoms. The highest BCUT2D eigenvalue weighted by molar-refractivity contribution is 6.35. The van der Waals surface area contributed by atoms with E-state index in [4.69, 9.17) is 11.6 Å². The predicted octanol–water partition coefficient (Wildman–Crippen LogP) is 3.21. The number of rotatable bonds is 2. The first-order chi connectivity index (χ1) is 8.75. The number of fused-ring (bicyclic) bond motifs is 1. The number of hydrogen-bond donors (Lipinski definition) is 2. The Kier molecular flexibility index (Phi) is 3.10. The molecule has 2 aromatic rings. The molecule has 3 nitrogen and oxygen atoms in total. The molecule has 1 aliphatic rings. The van der Waals surface area contributed by atoms with E-state index >= 15 is 0 Å². The highest BCUT2D eigenvalue weighted by Crippen LogP contribution is 2.30. The second-order valence-corrected chi connectivity index (χ2v) is 5.15. The number of halogens is 1. The lowest BCUT2D eigenvalue weighted by Crippen LogP contribution is -2.28. The van der Waals surface area contributed by atoms with Crippen LogP contribution in [0.4, 0.5) is 5.69 Å². The molecule has 2 atom stereocenters. The van der Waals surface area contributed by atoms with Crippen molar-refractivity contribution >= 4 is 28.2 Å². The third-order valence-electron chi connectivity index (χ3n) is 3.54. The monoisotopic (exact) mass is 262 g/mol. The van der Waals surface area contributed by atoms with Crippen LogP contribution in [0.3, 0.4) is 0 Å². The summed E-state index contributed by atoms with van der Waals surface area (Å²) in [5, 5.41) is 14.9. The van der Waals surface area contributed by atoms with E-state index in [9.17, 15) is 5.11 Å². The number of anilines is 1. The average molecular weight is 263 g/mol. The van der Waals surface area contributed by atoms with Crippen molar-refractivity contribution in [2.24, 2.45) is 0 Å². The van der Waals surface area contributed by atoms with E-state index < -0.39 is 0 Å². The van der Waals surface area contributed by atoms with Crippen LogP contribution < -0.4 is 5.32 Å². The van der Waals surface area contributed by atoms with Crippen molar-refractivity contribution < 1.29 is 5.11 Å². The Morgan fingerprint density at radius 1 is 1.28 bits per heavy atom. The van der Waals surface area contributed by atoms with E-state index in [1.165, 1.54) is 0 Å². The average Bonchev–Trinajstić information content (AvgIpc) is 2.79. The van der Waals surface area contributed by atoms with E-state index in [0.717, 1.165) is 35.9 Å². The fraction of sp³-hybridized carbons (Fsp3) is 0.357. The van der Waals surface area contributed by atoms with Crippen molar-refractivity contribution in [2.45, 2.75) is 31.4 Å². The number of aromatic nitrogens is 1. The maximum Gasteiger partial charge on any atom is 0.0948 e. The number of benzene rings is 1. The van der Waals surface area contributed by atoms with Gasteiger partial charge in [-0.05, 0) is 43.5 Å². The summed E-state index contributed by atoms with van der Waals surface area (Å²) in [7, 11) is 0. The molecule has 0 saturated heterocycles. The van der Waals surface area contributed by atoms with Gasteiger partial charge in [-0.1, -0.05) is 11.6 Å². The molecule has 4 heteroatoms. The lowest BCUT2D eigenvalue weighted by molar-refractivity contribution is 0.172. The molecular formula is C14H15ClN2O. The molecule has 0 amide bonds. The van der Waals surface area contributed by atoms with E-state index in [1.807, 2.05) is 24.3 Å². The van der Waals surface area contributed by atoms with Gasteiger partial charge in [-0.2, -0.15) is 0 Å². The lowest BCUT2D eigenvalue weighted by atomic mass is 10.1. The summed E-state index contributed by atoms with van der Waals surface area (Å²) in [6.45, 7) is 0. The highest BCUT2D eigenvalue weighted by atomic mass is 35.5. The molecule has 2 N–H and O–H groups in total. The van der Waals surface area contributed by atoms with Gasteiger partial charge in [0.05, 0.1) is 28.4 Å². The maximum absolute atomic E-state index is 9.87. The van der Waals surface area contributed by atoms with Gasteiger partial charge in [0.2, 0.25) is 0 Å². The van der Waals surface area contributed by atoms with Crippen LogP contribution in [0.1, 0.15) is 19.3 Å². The number of aliphatic hydroxyl groups excluding tert-OH is 1. The summed E-state index contributed by atoms with van der Waals surface area (Å²) in [6.07, 6.45) is 4.43. The van der Waals surface area contributed by atoms with Crippen molar-refractivity contribution in [3.8, 4) is 0 Å². The van der Waals surface area contributed by atoms with Crippen molar-refractivity contribution in [3.05, 3.63) is 35.5 Å². The fourth-order valence-corrected chi connectivity index (χ4v) is 2.78. The summed E-state index contributed by atoms with van der Waals surface area (Å²) in [5.41, 5.74) is 1.81. The lowest BCUT2D eigenvalue weighted by Gasteiger charge is -2.19. The van der Waals surface area contributed by atoms with Gasteiger partial charge in [0.15, 0.2) is 0 Å². The van der Waals surface area contributed by atoms with Gasteiger partial charge in [-0.15, -0.1) is 0 Å². The highest BCUT2D eigenvalue weighted by Gasteiger charge is 2.25. The molecule has 0 aliphatic heterocycles. The Morgan fingerprint density at radius 2 is 2.17 bits per heavy atom. The molecule has 18 heavy (non-hydrogen) atoms. The quantitative estimate of drug-likeness (QED) is 0.874. The molecular weight excluding hydrogens is 248 g/mol. The second-order valence-electron chi connectivity index (χ2n) is 4.74. The Morgan fingerprint density at radius 3 is 2.94 bits per heavy atom. The van der Waals surface area contributed by atoms with Gasteiger partial charge in [-0.25, -0.2) is 0 Å². The van der Waals surface area contributed by atoms with Crippen LogP contribution in [0.25, 0.3) is 10.9 Å². The maximum atomic E-state index is 9.87. The number of nitrogens with zero attached hydrogens (tertiary/aromatic N) is 1. The first-order valence-corrected chi connectivity index (χ1v) is 6.61. The summed E-state index contributed by atoms with van der Waals surface area (Å²) >= 11 is 6.16.